The Morgan fingerprint density at radius 1 is 1.38 bits per heavy atom. The van der Waals surface area contributed by atoms with Crippen molar-refractivity contribution in [2.45, 2.75) is 27.7 Å². The summed E-state index contributed by atoms with van der Waals surface area (Å²) in [5.74, 6) is 0.755. The lowest BCUT2D eigenvalue weighted by Crippen LogP contribution is -1.97. The second-order valence-corrected chi connectivity index (χ2v) is 3.81. The van der Waals surface area contributed by atoms with Gasteiger partial charge >= 0.3 is 0 Å². The van der Waals surface area contributed by atoms with Gasteiger partial charge in [0, 0.05) is 23.7 Å². The third-order valence-corrected chi connectivity index (χ3v) is 2.05. The van der Waals surface area contributed by atoms with E-state index >= 15 is 0 Å². The maximum atomic E-state index is 4.40. The molecule has 0 unspecified atom stereocenters. The molecule has 3 nitrogen and oxygen atoms in total. The van der Waals surface area contributed by atoms with Crippen LogP contribution in [-0.4, -0.2) is 15.7 Å². The molecule has 0 aliphatic heterocycles. The molecule has 0 fully saturated rings. The molecule has 1 aromatic heterocycles. The van der Waals surface area contributed by atoms with Crippen LogP contribution in [0, 0.1) is 13.8 Å². The van der Waals surface area contributed by atoms with Gasteiger partial charge in [-0.3, -0.25) is 4.99 Å². The van der Waals surface area contributed by atoms with E-state index in [4.69, 9.17) is 0 Å². The van der Waals surface area contributed by atoms with Crippen molar-refractivity contribution in [1.29, 1.82) is 0 Å². The molecule has 0 aliphatic carbocycles. The van der Waals surface area contributed by atoms with Crippen molar-refractivity contribution in [2.75, 3.05) is 0 Å². The van der Waals surface area contributed by atoms with Crippen LogP contribution in [0.25, 0.3) is 5.57 Å². The minimum atomic E-state index is 0.755. The van der Waals surface area contributed by atoms with Gasteiger partial charge in [0.05, 0.1) is 5.69 Å². The number of allylic oxidation sites excluding steroid dienone is 2. The zero-order valence-corrected chi connectivity index (χ0v) is 10.3. The third kappa shape index (κ3) is 3.12. The molecule has 0 N–H and O–H groups in total. The van der Waals surface area contributed by atoms with Gasteiger partial charge in [-0.1, -0.05) is 12.7 Å². The Balaban J connectivity index is 3.23. The molecule has 0 amide bonds. The lowest BCUT2D eigenvalue weighted by Gasteiger charge is -2.05. The molecule has 1 heterocycles. The van der Waals surface area contributed by atoms with Crippen LogP contribution in [0.1, 0.15) is 30.9 Å². The van der Waals surface area contributed by atoms with Crippen molar-refractivity contribution in [1.82, 2.24) is 9.97 Å². The highest BCUT2D eigenvalue weighted by molar-refractivity contribution is 5.82. The molecule has 3 heteroatoms. The van der Waals surface area contributed by atoms with Crippen molar-refractivity contribution in [3.8, 4) is 0 Å². The van der Waals surface area contributed by atoms with Gasteiger partial charge in [0.1, 0.15) is 5.82 Å². The predicted molar refractivity (Wildman–Crippen MR) is 68.5 cm³/mol. The van der Waals surface area contributed by atoms with Gasteiger partial charge in [0.25, 0.3) is 0 Å². The highest BCUT2D eigenvalue weighted by Gasteiger charge is 2.04. The standard InChI is InChI=1S/C13H17N3/c1-6-12(8-14-9(2)3)13-10(4)7-15-11(5)16-13/h6-8H,1H2,2-5H3/b12-8+. The minimum absolute atomic E-state index is 0.755. The fourth-order valence-electron chi connectivity index (χ4n) is 1.23. The van der Waals surface area contributed by atoms with Crippen LogP contribution in [0.4, 0.5) is 0 Å². The van der Waals surface area contributed by atoms with Crippen LogP contribution in [0.5, 0.6) is 0 Å². The summed E-state index contributed by atoms with van der Waals surface area (Å²) in [7, 11) is 0. The van der Waals surface area contributed by atoms with Crippen LogP contribution >= 0.6 is 0 Å². The molecule has 0 aromatic carbocycles. The number of aromatic nitrogens is 2. The number of aryl methyl sites for hydroxylation is 2. The van der Waals surface area contributed by atoms with Crippen LogP contribution in [0.15, 0.2) is 30.0 Å². The van der Waals surface area contributed by atoms with Crippen molar-refractivity contribution in [3.05, 3.63) is 42.1 Å². The second-order valence-electron chi connectivity index (χ2n) is 3.81. The van der Waals surface area contributed by atoms with E-state index in [1.807, 2.05) is 33.9 Å². The number of rotatable bonds is 3. The lowest BCUT2D eigenvalue weighted by atomic mass is 10.1. The zero-order valence-electron chi connectivity index (χ0n) is 10.3. The van der Waals surface area contributed by atoms with Crippen LogP contribution in [0.2, 0.25) is 0 Å². The number of nitrogens with zero attached hydrogens (tertiary/aromatic N) is 3. The van der Waals surface area contributed by atoms with Crippen molar-refractivity contribution >= 4 is 11.3 Å². The summed E-state index contributed by atoms with van der Waals surface area (Å²) in [6.45, 7) is 11.5. The first-order valence-electron chi connectivity index (χ1n) is 5.19. The normalized spacial score (nSPS) is 11.1. The topological polar surface area (TPSA) is 38.1 Å². The molecular weight excluding hydrogens is 198 g/mol. The summed E-state index contributed by atoms with van der Waals surface area (Å²) in [5, 5.41) is 0. The fraction of sp³-hybridized carbons (Fsp3) is 0.308. The van der Waals surface area contributed by atoms with E-state index in [1.54, 1.807) is 12.3 Å². The Labute approximate surface area is 96.7 Å². The fourth-order valence-corrected chi connectivity index (χ4v) is 1.23. The van der Waals surface area contributed by atoms with E-state index in [2.05, 4.69) is 21.5 Å². The molecule has 0 radical (unpaired) electrons. The van der Waals surface area contributed by atoms with Crippen LogP contribution in [-0.2, 0) is 0 Å². The average molecular weight is 215 g/mol. The Hall–Kier alpha value is -1.77. The van der Waals surface area contributed by atoms with E-state index < -0.39 is 0 Å². The van der Waals surface area contributed by atoms with Crippen LogP contribution in [0.3, 0.4) is 0 Å². The second kappa shape index (κ2) is 5.35. The molecule has 0 bridgehead atoms. The summed E-state index contributed by atoms with van der Waals surface area (Å²) in [4.78, 5) is 12.8. The molecule has 0 spiro atoms. The molecule has 1 rings (SSSR count). The number of hydrogen-bond acceptors (Lipinski definition) is 3. The molecule has 0 atom stereocenters. The molecule has 0 aliphatic rings. The Bertz CT molecular complexity index is 452. The molecule has 16 heavy (non-hydrogen) atoms. The quantitative estimate of drug-likeness (QED) is 0.574. The Kier molecular flexibility index (Phi) is 4.11. The first kappa shape index (κ1) is 12.3. The first-order chi connectivity index (χ1) is 7.54. The first-order valence-corrected chi connectivity index (χ1v) is 5.19. The van der Waals surface area contributed by atoms with Gasteiger partial charge in [-0.25, -0.2) is 9.97 Å². The summed E-state index contributed by atoms with van der Waals surface area (Å²) in [6, 6.07) is 0. The van der Waals surface area contributed by atoms with Gasteiger partial charge in [-0.2, -0.15) is 0 Å². The van der Waals surface area contributed by atoms with E-state index in [1.165, 1.54) is 0 Å². The summed E-state index contributed by atoms with van der Waals surface area (Å²) in [5.41, 5.74) is 3.85. The Morgan fingerprint density at radius 2 is 2.06 bits per heavy atom. The van der Waals surface area contributed by atoms with Crippen molar-refractivity contribution < 1.29 is 0 Å². The number of aliphatic imine (C=N–C) groups is 1. The van der Waals surface area contributed by atoms with Crippen LogP contribution < -0.4 is 0 Å². The smallest absolute Gasteiger partial charge is 0.125 e. The van der Waals surface area contributed by atoms with Gasteiger partial charge in [-0.05, 0) is 33.3 Å². The monoisotopic (exact) mass is 215 g/mol. The van der Waals surface area contributed by atoms with E-state index in [0.717, 1.165) is 28.4 Å². The van der Waals surface area contributed by atoms with Crippen molar-refractivity contribution in [3.63, 3.8) is 0 Å². The Morgan fingerprint density at radius 3 is 2.62 bits per heavy atom. The number of hydrogen-bond donors (Lipinski definition) is 0. The van der Waals surface area contributed by atoms with Gasteiger partial charge in [0.2, 0.25) is 0 Å². The van der Waals surface area contributed by atoms with Crippen molar-refractivity contribution in [2.24, 2.45) is 4.99 Å². The largest absolute Gasteiger partial charge is 0.266 e. The van der Waals surface area contributed by atoms with E-state index in [0.29, 0.717) is 0 Å². The zero-order chi connectivity index (χ0) is 12.1. The summed E-state index contributed by atoms with van der Waals surface area (Å²) < 4.78 is 0. The summed E-state index contributed by atoms with van der Waals surface area (Å²) in [6.07, 6.45) is 5.37. The maximum absolute atomic E-state index is 4.40. The molecule has 1 aromatic rings. The lowest BCUT2D eigenvalue weighted by molar-refractivity contribution is 1.01. The third-order valence-electron chi connectivity index (χ3n) is 2.05. The average Bonchev–Trinajstić information content (AvgIpc) is 2.23. The van der Waals surface area contributed by atoms with Gasteiger partial charge < -0.3 is 0 Å². The van der Waals surface area contributed by atoms with E-state index in [-0.39, 0.29) is 0 Å². The minimum Gasteiger partial charge on any atom is -0.266 e. The molecule has 0 saturated carbocycles. The highest BCUT2D eigenvalue weighted by atomic mass is 14.9. The molecule has 84 valence electrons. The maximum Gasteiger partial charge on any atom is 0.125 e. The van der Waals surface area contributed by atoms with Gasteiger partial charge in [-0.15, -0.1) is 0 Å². The summed E-state index contributed by atoms with van der Waals surface area (Å²) >= 11 is 0. The predicted octanol–water partition coefficient (Wildman–Crippen LogP) is 3.10. The van der Waals surface area contributed by atoms with Gasteiger partial charge in [0.15, 0.2) is 0 Å². The molecule has 0 saturated heterocycles. The van der Waals surface area contributed by atoms with E-state index in [9.17, 15) is 0 Å². The molecular formula is C13H17N3. The SMILES string of the molecule is C=C/C(=C\N=C(C)C)c1nc(C)ncc1C. The highest BCUT2D eigenvalue weighted by Crippen LogP contribution is 2.17.